The zero-order chi connectivity index (χ0) is 20.2. The molecule has 2 aliphatic rings. The number of anilines is 1. The van der Waals surface area contributed by atoms with Gasteiger partial charge in [-0.3, -0.25) is 14.3 Å². The summed E-state index contributed by atoms with van der Waals surface area (Å²) >= 11 is 0. The molecule has 1 aromatic heterocycles. The Morgan fingerprint density at radius 3 is 2.79 bits per heavy atom. The van der Waals surface area contributed by atoms with Gasteiger partial charge in [-0.25, -0.2) is 0 Å². The quantitative estimate of drug-likeness (QED) is 0.825. The van der Waals surface area contributed by atoms with Crippen molar-refractivity contribution in [2.45, 2.75) is 45.8 Å². The molecule has 1 aliphatic carbocycles. The highest BCUT2D eigenvalue weighted by Gasteiger charge is 2.75. The van der Waals surface area contributed by atoms with E-state index in [0.717, 1.165) is 5.56 Å². The molecule has 28 heavy (non-hydrogen) atoms. The maximum Gasteiger partial charge on any atom is 0.313 e. The molecule has 1 aromatic carbocycles. The number of ether oxygens (including phenoxy) is 1. The van der Waals surface area contributed by atoms with Crippen molar-refractivity contribution in [2.24, 2.45) is 10.8 Å². The molecule has 2 bridgehead atoms. The van der Waals surface area contributed by atoms with Gasteiger partial charge in [0, 0.05) is 11.6 Å². The summed E-state index contributed by atoms with van der Waals surface area (Å²) in [6, 6.07) is 9.41. The van der Waals surface area contributed by atoms with Crippen LogP contribution < -0.4 is 5.32 Å². The van der Waals surface area contributed by atoms with Crippen molar-refractivity contribution in [2.75, 3.05) is 5.32 Å². The molecular weight excluding hydrogens is 356 g/mol. The topological polar surface area (TPSA) is 97.0 Å². The van der Waals surface area contributed by atoms with Gasteiger partial charge in [0.25, 0.3) is 5.91 Å². The summed E-state index contributed by atoms with van der Waals surface area (Å²) in [4.78, 5) is 25.4. The van der Waals surface area contributed by atoms with Crippen LogP contribution in [0.1, 0.15) is 44.7 Å². The number of carbonyl (C=O) groups is 2. The molecule has 1 N–H and O–H groups in total. The third kappa shape index (κ3) is 2.37. The zero-order valence-electron chi connectivity index (χ0n) is 16.2. The maximum atomic E-state index is 13.1. The predicted octanol–water partition coefficient (Wildman–Crippen LogP) is 2.86. The summed E-state index contributed by atoms with van der Waals surface area (Å²) < 4.78 is 7.31. The molecule has 1 aliphatic heterocycles. The van der Waals surface area contributed by atoms with Gasteiger partial charge in [-0.2, -0.15) is 10.4 Å². The number of carbonyl (C=O) groups excluding carboxylic acids is 2. The molecule has 2 aromatic rings. The molecular formula is C21H22N4O3. The van der Waals surface area contributed by atoms with E-state index in [1.807, 2.05) is 32.9 Å². The number of rotatable bonds is 4. The molecule has 144 valence electrons. The van der Waals surface area contributed by atoms with Gasteiger partial charge >= 0.3 is 5.97 Å². The first-order chi connectivity index (χ1) is 13.2. The molecule has 7 nitrogen and oxygen atoms in total. The Hall–Kier alpha value is -3.14. The minimum absolute atomic E-state index is 0.299. The molecule has 0 spiro atoms. The van der Waals surface area contributed by atoms with Crippen molar-refractivity contribution >= 4 is 17.6 Å². The second-order valence-corrected chi connectivity index (χ2v) is 8.37. The lowest BCUT2D eigenvalue weighted by Crippen LogP contribution is -2.50. The fourth-order valence-electron chi connectivity index (χ4n) is 4.42. The number of aromatic nitrogens is 2. The third-order valence-corrected chi connectivity index (χ3v) is 6.74. The third-order valence-electron chi connectivity index (χ3n) is 6.74. The molecule has 2 unspecified atom stereocenters. The average Bonchev–Trinajstić information content (AvgIpc) is 3.22. The molecule has 1 amide bonds. The Balaban J connectivity index is 1.51. The Labute approximate surface area is 163 Å². The minimum Gasteiger partial charge on any atom is -0.448 e. The molecule has 0 radical (unpaired) electrons. The van der Waals surface area contributed by atoms with Crippen molar-refractivity contribution in [1.29, 1.82) is 5.26 Å². The highest BCUT2D eigenvalue weighted by atomic mass is 16.6. The van der Waals surface area contributed by atoms with Crippen molar-refractivity contribution in [3.63, 3.8) is 0 Å². The van der Waals surface area contributed by atoms with Crippen LogP contribution in [0, 0.1) is 22.2 Å². The normalized spacial score (nSPS) is 27.3. The predicted molar refractivity (Wildman–Crippen MR) is 101 cm³/mol. The van der Waals surface area contributed by atoms with E-state index in [-0.39, 0.29) is 11.9 Å². The van der Waals surface area contributed by atoms with Gasteiger partial charge in [-0.15, -0.1) is 0 Å². The lowest BCUT2D eigenvalue weighted by Gasteiger charge is -2.35. The van der Waals surface area contributed by atoms with Crippen LogP contribution in [-0.2, 0) is 20.9 Å². The van der Waals surface area contributed by atoms with Gasteiger partial charge in [0.1, 0.15) is 0 Å². The summed E-state index contributed by atoms with van der Waals surface area (Å²) in [6.07, 6.45) is 4.45. The standard InChI is InChI=1S/C21H22N4O3/c1-19(2)20(3)7-8-21(19,28-18(20)27)17(26)24-16-11-23-25(13-16)12-15-6-4-5-14(9-15)10-22/h4-6,9,11,13H,7-8,12H2,1-3H3,(H,24,26). The molecule has 1 saturated carbocycles. The van der Waals surface area contributed by atoms with E-state index < -0.39 is 16.4 Å². The second kappa shape index (κ2) is 5.93. The van der Waals surface area contributed by atoms with E-state index in [4.69, 9.17) is 10.00 Å². The van der Waals surface area contributed by atoms with Gasteiger partial charge in [0.15, 0.2) is 5.60 Å². The van der Waals surface area contributed by atoms with E-state index in [1.165, 1.54) is 0 Å². The molecule has 4 rings (SSSR count). The summed E-state index contributed by atoms with van der Waals surface area (Å²) in [5.74, 6) is -0.606. The Morgan fingerprint density at radius 2 is 2.14 bits per heavy atom. The number of amides is 1. The van der Waals surface area contributed by atoms with Gasteiger partial charge in [-0.05, 0) is 37.5 Å². The molecule has 2 fully saturated rings. The molecule has 1 saturated heterocycles. The Kier molecular flexibility index (Phi) is 3.86. The molecule has 2 heterocycles. The van der Waals surface area contributed by atoms with E-state index in [2.05, 4.69) is 16.5 Å². The number of fused-ring (bicyclic) bond motifs is 2. The highest BCUT2D eigenvalue weighted by Crippen LogP contribution is 2.65. The number of nitrogens with one attached hydrogen (secondary N) is 1. The lowest BCUT2D eigenvalue weighted by atomic mass is 9.66. The first kappa shape index (κ1) is 18.2. The molecule has 2 atom stereocenters. The molecule has 7 heteroatoms. The van der Waals surface area contributed by atoms with Crippen LogP contribution in [0.4, 0.5) is 5.69 Å². The number of hydrogen-bond acceptors (Lipinski definition) is 5. The van der Waals surface area contributed by atoms with Crippen LogP contribution in [0.2, 0.25) is 0 Å². The van der Waals surface area contributed by atoms with Crippen LogP contribution in [0.3, 0.4) is 0 Å². The largest absolute Gasteiger partial charge is 0.448 e. The van der Waals surface area contributed by atoms with Gasteiger partial charge in [-0.1, -0.05) is 26.0 Å². The number of benzene rings is 1. The number of esters is 1. The van der Waals surface area contributed by atoms with Crippen LogP contribution in [0.15, 0.2) is 36.7 Å². The van der Waals surface area contributed by atoms with Crippen LogP contribution in [0.5, 0.6) is 0 Å². The van der Waals surface area contributed by atoms with Crippen LogP contribution in [0.25, 0.3) is 0 Å². The minimum atomic E-state index is -1.15. The summed E-state index contributed by atoms with van der Waals surface area (Å²) in [5.41, 5.74) is -0.303. The summed E-state index contributed by atoms with van der Waals surface area (Å²) in [6.45, 7) is 6.21. The van der Waals surface area contributed by atoms with E-state index in [1.54, 1.807) is 29.2 Å². The number of hydrogen-bond donors (Lipinski definition) is 1. The fraction of sp³-hybridized carbons (Fsp3) is 0.429. The van der Waals surface area contributed by atoms with E-state index >= 15 is 0 Å². The van der Waals surface area contributed by atoms with E-state index in [9.17, 15) is 9.59 Å². The summed E-state index contributed by atoms with van der Waals surface area (Å²) in [5, 5.41) is 16.2. The van der Waals surface area contributed by atoms with Crippen molar-refractivity contribution in [3.8, 4) is 6.07 Å². The van der Waals surface area contributed by atoms with Gasteiger partial charge in [0.05, 0.1) is 35.5 Å². The van der Waals surface area contributed by atoms with Crippen molar-refractivity contribution < 1.29 is 14.3 Å². The first-order valence-corrected chi connectivity index (χ1v) is 9.28. The monoisotopic (exact) mass is 378 g/mol. The highest BCUT2D eigenvalue weighted by molar-refractivity contribution is 6.03. The SMILES string of the molecule is CC12CCC(C(=O)Nc3cnn(Cc4cccc(C#N)c4)c3)(OC1=O)C2(C)C. The second-order valence-electron chi connectivity index (χ2n) is 8.37. The van der Waals surface area contributed by atoms with Crippen LogP contribution >= 0.6 is 0 Å². The number of nitrogens with zero attached hydrogens (tertiary/aromatic N) is 3. The number of nitriles is 1. The zero-order valence-corrected chi connectivity index (χ0v) is 16.2. The Morgan fingerprint density at radius 1 is 1.36 bits per heavy atom. The van der Waals surface area contributed by atoms with Gasteiger partial charge in [0.2, 0.25) is 0 Å². The summed E-state index contributed by atoms with van der Waals surface area (Å²) in [7, 11) is 0. The van der Waals surface area contributed by atoms with Crippen LogP contribution in [-0.4, -0.2) is 27.3 Å². The first-order valence-electron chi connectivity index (χ1n) is 9.28. The lowest BCUT2D eigenvalue weighted by molar-refractivity contribution is -0.165. The fourth-order valence-corrected chi connectivity index (χ4v) is 4.42. The maximum absolute atomic E-state index is 13.1. The van der Waals surface area contributed by atoms with E-state index in [0.29, 0.717) is 30.6 Å². The Bertz CT molecular complexity index is 1020. The van der Waals surface area contributed by atoms with Crippen molar-refractivity contribution in [1.82, 2.24) is 9.78 Å². The smallest absolute Gasteiger partial charge is 0.313 e. The van der Waals surface area contributed by atoms with Crippen molar-refractivity contribution in [3.05, 3.63) is 47.8 Å². The average molecular weight is 378 g/mol. The van der Waals surface area contributed by atoms with Gasteiger partial charge < -0.3 is 10.1 Å².